The summed E-state index contributed by atoms with van der Waals surface area (Å²) in [7, 11) is 6.29. The topological polar surface area (TPSA) is 39.7 Å². The van der Waals surface area contributed by atoms with Crippen molar-refractivity contribution in [1.29, 1.82) is 0 Å². The third-order valence-corrected chi connectivity index (χ3v) is 6.76. The van der Waals surface area contributed by atoms with Crippen LogP contribution in [0.2, 0.25) is 0 Å². The molecule has 1 aliphatic carbocycles. The van der Waals surface area contributed by atoms with Crippen molar-refractivity contribution in [2.75, 3.05) is 40.0 Å². The Morgan fingerprint density at radius 1 is 1.09 bits per heavy atom. The number of nitrogens with one attached hydrogen (secondary N) is 2. The lowest BCUT2D eigenvalue weighted by Crippen LogP contribution is -2.53. The van der Waals surface area contributed by atoms with E-state index in [2.05, 4.69) is 53.3 Å². The van der Waals surface area contributed by atoms with E-state index >= 15 is 0 Å². The van der Waals surface area contributed by atoms with Crippen LogP contribution in [-0.2, 0) is 0 Å². The molecule has 2 fully saturated rings. The standard InChI is InChI=1S/C16H32N4S.HI/c1-15(8-7-11-21-15)12-18-14(17-2)19-13-16(20(3)4)9-5-6-10-16;/h5-13H2,1-4H3,(H2,17,18,19);1H. The number of thioether (sulfide) groups is 1. The largest absolute Gasteiger partial charge is 0.355 e. The van der Waals surface area contributed by atoms with Crippen LogP contribution in [-0.4, -0.2) is 61.1 Å². The van der Waals surface area contributed by atoms with Gasteiger partial charge >= 0.3 is 0 Å². The zero-order chi connectivity index (χ0) is 15.3. The Balaban J connectivity index is 0.00000242. The number of aliphatic imine (C=N–C) groups is 1. The third kappa shape index (κ3) is 5.16. The van der Waals surface area contributed by atoms with Crippen molar-refractivity contribution in [3.8, 4) is 0 Å². The lowest BCUT2D eigenvalue weighted by atomic mass is 9.96. The van der Waals surface area contributed by atoms with Crippen LogP contribution in [0.25, 0.3) is 0 Å². The van der Waals surface area contributed by atoms with Gasteiger partial charge in [0.15, 0.2) is 5.96 Å². The average molecular weight is 440 g/mol. The highest BCUT2D eigenvalue weighted by atomic mass is 127. The molecule has 1 aliphatic heterocycles. The number of hydrogen-bond acceptors (Lipinski definition) is 3. The SMILES string of the molecule is CN=C(NCC1(C)CCCS1)NCC1(N(C)C)CCCC1.I. The van der Waals surface area contributed by atoms with Gasteiger partial charge in [0.2, 0.25) is 0 Å². The first kappa shape index (κ1) is 20.4. The van der Waals surface area contributed by atoms with Gasteiger partial charge in [0.25, 0.3) is 0 Å². The fraction of sp³-hybridized carbons (Fsp3) is 0.938. The molecular weight excluding hydrogens is 407 g/mol. The van der Waals surface area contributed by atoms with Crippen LogP contribution in [0.4, 0.5) is 0 Å². The van der Waals surface area contributed by atoms with E-state index in [4.69, 9.17) is 0 Å². The molecule has 0 aromatic carbocycles. The molecule has 1 unspecified atom stereocenters. The summed E-state index contributed by atoms with van der Waals surface area (Å²) in [4.78, 5) is 6.80. The lowest BCUT2D eigenvalue weighted by molar-refractivity contribution is 0.160. The summed E-state index contributed by atoms with van der Waals surface area (Å²) in [5, 5.41) is 7.09. The molecule has 22 heavy (non-hydrogen) atoms. The molecule has 1 atom stereocenters. The number of nitrogens with zero attached hydrogens (tertiary/aromatic N) is 2. The summed E-state index contributed by atoms with van der Waals surface area (Å²) < 4.78 is 0.379. The Kier molecular flexibility index (Phi) is 8.30. The van der Waals surface area contributed by atoms with Gasteiger partial charge < -0.3 is 15.5 Å². The Bertz CT molecular complexity index is 361. The molecule has 1 saturated heterocycles. The fourth-order valence-corrected chi connectivity index (χ4v) is 4.78. The second-order valence-electron chi connectivity index (χ2n) is 7.01. The number of hydrogen-bond donors (Lipinski definition) is 2. The molecule has 0 aromatic heterocycles. The first-order valence-electron chi connectivity index (χ1n) is 8.26. The summed E-state index contributed by atoms with van der Waals surface area (Å²) in [6, 6.07) is 0. The van der Waals surface area contributed by atoms with Crippen molar-refractivity contribution in [2.45, 2.75) is 55.7 Å². The van der Waals surface area contributed by atoms with E-state index in [9.17, 15) is 0 Å². The van der Waals surface area contributed by atoms with E-state index in [-0.39, 0.29) is 24.0 Å². The fourth-order valence-electron chi connectivity index (χ4n) is 3.53. The van der Waals surface area contributed by atoms with Crippen molar-refractivity contribution in [3.05, 3.63) is 0 Å². The molecule has 0 radical (unpaired) electrons. The van der Waals surface area contributed by atoms with Crippen molar-refractivity contribution in [2.24, 2.45) is 4.99 Å². The highest BCUT2D eigenvalue weighted by Crippen LogP contribution is 2.37. The van der Waals surface area contributed by atoms with Crippen LogP contribution in [0, 0.1) is 0 Å². The first-order chi connectivity index (χ1) is 10.00. The molecule has 2 N–H and O–H groups in total. The highest BCUT2D eigenvalue weighted by Gasteiger charge is 2.36. The van der Waals surface area contributed by atoms with E-state index in [1.165, 1.54) is 44.3 Å². The monoisotopic (exact) mass is 440 g/mol. The zero-order valence-corrected chi connectivity index (χ0v) is 17.7. The maximum Gasteiger partial charge on any atom is 0.191 e. The Morgan fingerprint density at radius 2 is 1.73 bits per heavy atom. The molecule has 0 aromatic rings. The quantitative estimate of drug-likeness (QED) is 0.392. The maximum absolute atomic E-state index is 4.40. The number of halogens is 1. The van der Waals surface area contributed by atoms with Gasteiger partial charge in [-0.2, -0.15) is 11.8 Å². The Labute approximate surface area is 157 Å². The minimum absolute atomic E-state index is 0. The predicted octanol–water partition coefficient (Wildman–Crippen LogP) is 2.93. The normalized spacial score (nSPS) is 27.8. The molecule has 6 heteroatoms. The number of likely N-dealkylation sites (N-methyl/N-ethyl adjacent to an activating group) is 1. The zero-order valence-electron chi connectivity index (χ0n) is 14.6. The molecule has 0 spiro atoms. The van der Waals surface area contributed by atoms with Crippen molar-refractivity contribution in [3.63, 3.8) is 0 Å². The second-order valence-corrected chi connectivity index (χ2v) is 8.69. The summed E-state index contributed by atoms with van der Waals surface area (Å²) in [6.45, 7) is 4.36. The van der Waals surface area contributed by atoms with E-state index in [0.717, 1.165) is 19.0 Å². The molecule has 1 heterocycles. The van der Waals surface area contributed by atoms with E-state index < -0.39 is 0 Å². The minimum Gasteiger partial charge on any atom is -0.355 e. The summed E-state index contributed by atoms with van der Waals surface area (Å²) >= 11 is 2.09. The van der Waals surface area contributed by atoms with Gasteiger partial charge in [0.05, 0.1) is 0 Å². The van der Waals surface area contributed by atoms with E-state index in [0.29, 0.717) is 10.3 Å². The number of guanidine groups is 1. The molecule has 2 aliphatic rings. The van der Waals surface area contributed by atoms with Crippen LogP contribution in [0.1, 0.15) is 45.4 Å². The third-order valence-electron chi connectivity index (χ3n) is 5.22. The molecule has 0 amide bonds. The molecule has 130 valence electrons. The second kappa shape index (κ2) is 8.97. The van der Waals surface area contributed by atoms with Crippen LogP contribution in [0.5, 0.6) is 0 Å². The minimum atomic E-state index is 0. The summed E-state index contributed by atoms with van der Waals surface area (Å²) in [6.07, 6.45) is 7.93. The first-order valence-corrected chi connectivity index (χ1v) is 9.24. The molecule has 2 rings (SSSR count). The predicted molar refractivity (Wildman–Crippen MR) is 110 cm³/mol. The van der Waals surface area contributed by atoms with Gasteiger partial charge in [0, 0.05) is 30.4 Å². The van der Waals surface area contributed by atoms with Gasteiger partial charge in [-0.1, -0.05) is 12.8 Å². The van der Waals surface area contributed by atoms with E-state index in [1.807, 2.05) is 7.05 Å². The van der Waals surface area contributed by atoms with Crippen molar-refractivity contribution in [1.82, 2.24) is 15.5 Å². The summed E-state index contributed by atoms with van der Waals surface area (Å²) in [5.41, 5.74) is 0.309. The average Bonchev–Trinajstić information content (AvgIpc) is 3.09. The molecule has 4 nitrogen and oxygen atoms in total. The highest BCUT2D eigenvalue weighted by molar-refractivity contribution is 14.0. The smallest absolute Gasteiger partial charge is 0.191 e. The molecular formula is C16H33IN4S. The van der Waals surface area contributed by atoms with Gasteiger partial charge in [-0.05, 0) is 52.5 Å². The van der Waals surface area contributed by atoms with Crippen molar-refractivity contribution >= 4 is 41.7 Å². The molecule has 1 saturated carbocycles. The number of rotatable bonds is 5. The molecule has 0 bridgehead atoms. The van der Waals surface area contributed by atoms with E-state index in [1.54, 1.807) is 0 Å². The maximum atomic E-state index is 4.40. The van der Waals surface area contributed by atoms with Gasteiger partial charge in [-0.25, -0.2) is 0 Å². The Morgan fingerprint density at radius 3 is 2.23 bits per heavy atom. The van der Waals surface area contributed by atoms with Gasteiger partial charge in [0.1, 0.15) is 0 Å². The van der Waals surface area contributed by atoms with Crippen LogP contribution >= 0.6 is 35.7 Å². The lowest BCUT2D eigenvalue weighted by Gasteiger charge is -2.37. The Hall–Kier alpha value is 0.310. The van der Waals surface area contributed by atoms with Crippen molar-refractivity contribution < 1.29 is 0 Å². The van der Waals surface area contributed by atoms with Gasteiger partial charge in [-0.3, -0.25) is 4.99 Å². The summed E-state index contributed by atoms with van der Waals surface area (Å²) in [5.74, 6) is 2.25. The van der Waals surface area contributed by atoms with Crippen LogP contribution < -0.4 is 10.6 Å². The van der Waals surface area contributed by atoms with Crippen LogP contribution in [0.3, 0.4) is 0 Å². The van der Waals surface area contributed by atoms with Gasteiger partial charge in [-0.15, -0.1) is 24.0 Å². The van der Waals surface area contributed by atoms with Crippen LogP contribution in [0.15, 0.2) is 4.99 Å².